The molecule has 0 spiro atoms. The van der Waals surface area contributed by atoms with Crippen LogP contribution in [0.25, 0.3) is 0 Å². The topological polar surface area (TPSA) is 18.5 Å². The van der Waals surface area contributed by atoms with Crippen molar-refractivity contribution in [2.45, 2.75) is 32.7 Å². The Morgan fingerprint density at radius 3 is 2.27 bits per heavy atom. The Labute approximate surface area is 95.8 Å². The van der Waals surface area contributed by atoms with Crippen LogP contribution in [-0.2, 0) is 0 Å². The zero-order valence-electron chi connectivity index (χ0n) is 11.2. The summed E-state index contributed by atoms with van der Waals surface area (Å²) >= 11 is 0. The van der Waals surface area contributed by atoms with Crippen molar-refractivity contribution in [1.29, 1.82) is 0 Å². The van der Waals surface area contributed by atoms with Gasteiger partial charge in [-0.1, -0.05) is 6.92 Å². The predicted molar refractivity (Wildman–Crippen MR) is 68.4 cm³/mol. The molecule has 0 aromatic carbocycles. The monoisotopic (exact) mass is 215 g/mol. The predicted octanol–water partition coefficient (Wildman–Crippen LogP) is 1.26. The zero-order valence-corrected chi connectivity index (χ0v) is 11.2. The number of nitrogens with zero attached hydrogens (tertiary/aromatic N) is 2. The van der Waals surface area contributed by atoms with Gasteiger partial charge in [-0.15, -0.1) is 0 Å². The van der Waals surface area contributed by atoms with Gasteiger partial charge in [-0.2, -0.15) is 0 Å². The van der Waals surface area contributed by atoms with Gasteiger partial charge >= 0.3 is 0 Å². The molecule has 0 aromatic rings. The van der Waals surface area contributed by atoms with Crippen LogP contribution in [0, 0.1) is 0 Å². The van der Waals surface area contributed by atoms with Crippen LogP contribution in [-0.4, -0.2) is 63.2 Å². The van der Waals surface area contributed by atoms with Crippen molar-refractivity contribution < 1.29 is 0 Å². The number of hydrogen-bond donors (Lipinski definition) is 1. The highest BCUT2D eigenvalue weighted by Crippen LogP contribution is 1.94. The smallest absolute Gasteiger partial charge is 0.0106 e. The number of nitrogens with one attached hydrogen (secondary N) is 1. The molecule has 0 radical (unpaired) electrons. The third-order valence-electron chi connectivity index (χ3n) is 2.62. The van der Waals surface area contributed by atoms with Crippen molar-refractivity contribution in [2.75, 3.05) is 47.3 Å². The van der Waals surface area contributed by atoms with Crippen molar-refractivity contribution in [3.05, 3.63) is 0 Å². The van der Waals surface area contributed by atoms with Gasteiger partial charge in [-0.25, -0.2) is 0 Å². The van der Waals surface area contributed by atoms with E-state index in [1.807, 2.05) is 0 Å². The summed E-state index contributed by atoms with van der Waals surface area (Å²) < 4.78 is 0. The van der Waals surface area contributed by atoms with E-state index in [1.54, 1.807) is 0 Å². The summed E-state index contributed by atoms with van der Waals surface area (Å²) in [7, 11) is 6.45. The maximum atomic E-state index is 3.52. The second-order valence-corrected chi connectivity index (χ2v) is 4.75. The van der Waals surface area contributed by atoms with E-state index in [0.29, 0.717) is 6.04 Å². The first kappa shape index (κ1) is 14.9. The maximum absolute atomic E-state index is 3.52. The van der Waals surface area contributed by atoms with E-state index >= 15 is 0 Å². The second kappa shape index (κ2) is 9.13. The van der Waals surface area contributed by atoms with Gasteiger partial charge < -0.3 is 15.1 Å². The summed E-state index contributed by atoms with van der Waals surface area (Å²) in [4.78, 5) is 4.64. The van der Waals surface area contributed by atoms with E-state index in [-0.39, 0.29) is 0 Å². The van der Waals surface area contributed by atoms with Gasteiger partial charge in [0.25, 0.3) is 0 Å². The lowest BCUT2D eigenvalue weighted by atomic mass is 10.2. The second-order valence-electron chi connectivity index (χ2n) is 4.75. The summed E-state index contributed by atoms with van der Waals surface area (Å²) in [6, 6.07) is 0.645. The Hall–Kier alpha value is -0.120. The fraction of sp³-hybridized carbons (Fsp3) is 1.00. The van der Waals surface area contributed by atoms with Crippen molar-refractivity contribution in [3.63, 3.8) is 0 Å². The quantitative estimate of drug-likeness (QED) is 0.625. The standard InChI is InChI=1S/C12H29N3/c1-6-8-13-12(2)7-9-15(5)11-10-14(3)4/h12-13H,6-11H2,1-5H3. The molecule has 0 bridgehead atoms. The molecule has 0 aliphatic carbocycles. The van der Waals surface area contributed by atoms with Gasteiger partial charge in [0.2, 0.25) is 0 Å². The lowest BCUT2D eigenvalue weighted by Crippen LogP contribution is -2.34. The lowest BCUT2D eigenvalue weighted by Gasteiger charge is -2.21. The minimum absolute atomic E-state index is 0.645. The molecular weight excluding hydrogens is 186 g/mol. The highest BCUT2D eigenvalue weighted by Gasteiger charge is 2.03. The first-order valence-electron chi connectivity index (χ1n) is 6.13. The van der Waals surface area contributed by atoms with Gasteiger partial charge in [-0.3, -0.25) is 0 Å². The number of hydrogen-bond acceptors (Lipinski definition) is 3. The minimum atomic E-state index is 0.645. The van der Waals surface area contributed by atoms with E-state index < -0.39 is 0 Å². The molecule has 0 amide bonds. The highest BCUT2D eigenvalue weighted by molar-refractivity contribution is 4.63. The van der Waals surface area contributed by atoms with Crippen LogP contribution in [0.5, 0.6) is 0 Å². The Kier molecular flexibility index (Phi) is 9.06. The van der Waals surface area contributed by atoms with Crippen molar-refractivity contribution in [3.8, 4) is 0 Å². The molecular formula is C12H29N3. The summed E-state index contributed by atoms with van der Waals surface area (Å²) in [6.45, 7) is 9.12. The first-order valence-corrected chi connectivity index (χ1v) is 6.13. The van der Waals surface area contributed by atoms with Gasteiger partial charge in [0, 0.05) is 19.1 Å². The lowest BCUT2D eigenvalue weighted by molar-refractivity contribution is 0.270. The van der Waals surface area contributed by atoms with Gasteiger partial charge in [0.1, 0.15) is 0 Å². The van der Waals surface area contributed by atoms with Crippen LogP contribution in [0.1, 0.15) is 26.7 Å². The van der Waals surface area contributed by atoms with Crippen LogP contribution in [0.3, 0.4) is 0 Å². The Morgan fingerprint density at radius 2 is 1.73 bits per heavy atom. The summed E-state index contributed by atoms with van der Waals surface area (Å²) in [5.41, 5.74) is 0. The number of likely N-dealkylation sites (N-methyl/N-ethyl adjacent to an activating group) is 2. The summed E-state index contributed by atoms with van der Waals surface area (Å²) in [6.07, 6.45) is 2.46. The fourth-order valence-corrected chi connectivity index (χ4v) is 1.39. The Bertz CT molecular complexity index is 137. The van der Waals surface area contributed by atoms with Crippen LogP contribution in [0.2, 0.25) is 0 Å². The molecule has 92 valence electrons. The Balaban J connectivity index is 3.39. The van der Waals surface area contributed by atoms with Crippen molar-refractivity contribution in [2.24, 2.45) is 0 Å². The van der Waals surface area contributed by atoms with Crippen LogP contribution < -0.4 is 5.32 Å². The molecule has 0 aliphatic rings. The highest BCUT2D eigenvalue weighted by atomic mass is 15.1. The third kappa shape index (κ3) is 10.2. The van der Waals surface area contributed by atoms with Crippen LogP contribution in [0.4, 0.5) is 0 Å². The molecule has 0 aromatic heterocycles. The fourth-order valence-electron chi connectivity index (χ4n) is 1.39. The molecule has 15 heavy (non-hydrogen) atoms. The molecule has 1 N–H and O–H groups in total. The van der Waals surface area contributed by atoms with Crippen LogP contribution in [0.15, 0.2) is 0 Å². The molecule has 3 nitrogen and oxygen atoms in total. The van der Waals surface area contributed by atoms with Gasteiger partial charge in [0.05, 0.1) is 0 Å². The van der Waals surface area contributed by atoms with Gasteiger partial charge in [0.15, 0.2) is 0 Å². The normalized spacial score (nSPS) is 13.8. The van der Waals surface area contributed by atoms with E-state index in [0.717, 1.165) is 19.6 Å². The summed E-state index contributed by atoms with van der Waals surface area (Å²) in [5.74, 6) is 0. The van der Waals surface area contributed by atoms with E-state index in [4.69, 9.17) is 0 Å². The largest absolute Gasteiger partial charge is 0.314 e. The van der Waals surface area contributed by atoms with E-state index in [9.17, 15) is 0 Å². The van der Waals surface area contributed by atoms with E-state index in [1.165, 1.54) is 19.4 Å². The molecule has 0 aliphatic heterocycles. The average molecular weight is 215 g/mol. The molecule has 0 heterocycles. The number of rotatable bonds is 9. The molecule has 0 saturated carbocycles. The molecule has 0 rings (SSSR count). The van der Waals surface area contributed by atoms with Crippen molar-refractivity contribution >= 4 is 0 Å². The van der Waals surface area contributed by atoms with Crippen molar-refractivity contribution in [1.82, 2.24) is 15.1 Å². The first-order chi connectivity index (χ1) is 7.06. The maximum Gasteiger partial charge on any atom is 0.0106 e. The molecule has 1 unspecified atom stereocenters. The Morgan fingerprint density at radius 1 is 1.07 bits per heavy atom. The minimum Gasteiger partial charge on any atom is -0.314 e. The zero-order chi connectivity index (χ0) is 11.7. The SMILES string of the molecule is CCCNC(C)CCN(C)CCN(C)C. The molecule has 0 saturated heterocycles. The molecule has 1 atom stereocenters. The molecule has 0 fully saturated rings. The van der Waals surface area contributed by atoms with E-state index in [2.05, 4.69) is 50.1 Å². The third-order valence-corrected chi connectivity index (χ3v) is 2.62. The molecule has 3 heteroatoms. The van der Waals surface area contributed by atoms with Gasteiger partial charge in [-0.05, 0) is 54.0 Å². The average Bonchev–Trinajstić information content (AvgIpc) is 2.20. The summed E-state index contributed by atoms with van der Waals surface area (Å²) in [5, 5.41) is 3.52. The van der Waals surface area contributed by atoms with Crippen LogP contribution >= 0.6 is 0 Å².